The normalized spacial score (nSPS) is 11.9. The Hall–Kier alpha value is -1.55. The number of carbonyl (C=O) groups excluding carboxylic acids is 1. The molecule has 1 aromatic rings. The second kappa shape index (κ2) is 6.12. The zero-order chi connectivity index (χ0) is 12.0. The van der Waals surface area contributed by atoms with Gasteiger partial charge in [-0.05, 0) is 37.6 Å². The maximum atomic E-state index is 11.4. The lowest BCUT2D eigenvalue weighted by atomic mass is 10.2. The summed E-state index contributed by atoms with van der Waals surface area (Å²) in [5.74, 6) is 0.660. The van der Waals surface area contributed by atoms with E-state index in [1.807, 2.05) is 0 Å². The number of amides is 1. The van der Waals surface area contributed by atoms with E-state index in [4.69, 9.17) is 9.84 Å². The summed E-state index contributed by atoms with van der Waals surface area (Å²) in [5, 5.41) is 11.8. The van der Waals surface area contributed by atoms with Gasteiger partial charge in [-0.25, -0.2) is 0 Å². The molecule has 0 fully saturated rings. The van der Waals surface area contributed by atoms with Gasteiger partial charge in [-0.3, -0.25) is 4.79 Å². The van der Waals surface area contributed by atoms with Crippen LogP contribution in [0.5, 0.6) is 5.75 Å². The summed E-state index contributed by atoms with van der Waals surface area (Å²) in [4.78, 5) is 11.4. The van der Waals surface area contributed by atoms with Gasteiger partial charge in [-0.15, -0.1) is 0 Å². The van der Waals surface area contributed by atoms with Crippen molar-refractivity contribution in [3.8, 4) is 5.75 Å². The summed E-state index contributed by atoms with van der Waals surface area (Å²) in [7, 11) is 1.59. The number of methoxy groups -OCH3 is 1. The lowest BCUT2D eigenvalue weighted by molar-refractivity contribution is -0.116. The Labute approximate surface area is 95.2 Å². The van der Waals surface area contributed by atoms with Crippen LogP contribution >= 0.6 is 0 Å². The van der Waals surface area contributed by atoms with Crippen molar-refractivity contribution in [2.24, 2.45) is 0 Å². The largest absolute Gasteiger partial charge is 0.497 e. The minimum Gasteiger partial charge on any atom is -0.497 e. The molecule has 2 N–H and O–H groups in total. The van der Waals surface area contributed by atoms with Crippen molar-refractivity contribution >= 4 is 11.6 Å². The van der Waals surface area contributed by atoms with Gasteiger partial charge in [0.25, 0.3) is 0 Å². The average molecular weight is 223 g/mol. The number of anilines is 1. The van der Waals surface area contributed by atoms with Crippen LogP contribution in [-0.4, -0.2) is 24.2 Å². The number of hydrogen-bond donors (Lipinski definition) is 2. The maximum absolute atomic E-state index is 11.4. The average Bonchev–Trinajstić information content (AvgIpc) is 2.27. The zero-order valence-corrected chi connectivity index (χ0v) is 9.56. The number of aliphatic hydroxyl groups excluding tert-OH is 1. The molecule has 1 rings (SSSR count). The molecule has 0 spiro atoms. The smallest absolute Gasteiger partial charge is 0.224 e. The van der Waals surface area contributed by atoms with Crippen molar-refractivity contribution in [2.75, 3.05) is 12.4 Å². The number of rotatable bonds is 5. The SMILES string of the molecule is COc1ccc(NC(=O)CCC(C)O)cc1. The van der Waals surface area contributed by atoms with Crippen LogP contribution in [0.15, 0.2) is 24.3 Å². The minimum atomic E-state index is -0.443. The predicted molar refractivity (Wildman–Crippen MR) is 62.5 cm³/mol. The second-order valence-electron chi connectivity index (χ2n) is 3.66. The fourth-order valence-corrected chi connectivity index (χ4v) is 1.24. The highest BCUT2D eigenvalue weighted by atomic mass is 16.5. The highest BCUT2D eigenvalue weighted by Gasteiger charge is 2.04. The molecule has 0 heterocycles. The molecule has 1 unspecified atom stereocenters. The third-order valence-electron chi connectivity index (χ3n) is 2.16. The van der Waals surface area contributed by atoms with Crippen LogP contribution in [0, 0.1) is 0 Å². The van der Waals surface area contributed by atoms with Crippen molar-refractivity contribution in [1.29, 1.82) is 0 Å². The van der Waals surface area contributed by atoms with E-state index in [0.29, 0.717) is 12.8 Å². The molecule has 0 saturated carbocycles. The molecule has 0 aliphatic rings. The molecule has 0 radical (unpaired) electrons. The van der Waals surface area contributed by atoms with Crippen molar-refractivity contribution in [3.05, 3.63) is 24.3 Å². The lowest BCUT2D eigenvalue weighted by Crippen LogP contribution is -2.13. The molecule has 1 atom stereocenters. The van der Waals surface area contributed by atoms with Gasteiger partial charge in [0.05, 0.1) is 13.2 Å². The van der Waals surface area contributed by atoms with Gasteiger partial charge in [-0.1, -0.05) is 0 Å². The molecular weight excluding hydrogens is 206 g/mol. The fraction of sp³-hybridized carbons (Fsp3) is 0.417. The maximum Gasteiger partial charge on any atom is 0.224 e. The van der Waals surface area contributed by atoms with Gasteiger partial charge >= 0.3 is 0 Å². The quantitative estimate of drug-likeness (QED) is 0.800. The Kier molecular flexibility index (Phi) is 4.79. The molecule has 1 aromatic carbocycles. The summed E-state index contributed by atoms with van der Waals surface area (Å²) in [6, 6.07) is 7.12. The first-order valence-electron chi connectivity index (χ1n) is 5.24. The summed E-state index contributed by atoms with van der Waals surface area (Å²) in [6.45, 7) is 1.67. The highest BCUT2D eigenvalue weighted by molar-refractivity contribution is 5.90. The Morgan fingerprint density at radius 1 is 1.44 bits per heavy atom. The van der Waals surface area contributed by atoms with E-state index in [1.165, 1.54) is 0 Å². The molecular formula is C12H17NO3. The van der Waals surface area contributed by atoms with E-state index in [9.17, 15) is 4.79 Å². The molecule has 0 bridgehead atoms. The lowest BCUT2D eigenvalue weighted by Gasteiger charge is -2.07. The number of ether oxygens (including phenoxy) is 1. The topological polar surface area (TPSA) is 58.6 Å². The van der Waals surface area contributed by atoms with Crippen molar-refractivity contribution in [3.63, 3.8) is 0 Å². The standard InChI is InChI=1S/C12H17NO3/c1-9(14)3-8-12(15)13-10-4-6-11(16-2)7-5-10/h4-7,9,14H,3,8H2,1-2H3,(H,13,15). The van der Waals surface area contributed by atoms with E-state index in [2.05, 4.69) is 5.32 Å². The molecule has 0 aliphatic carbocycles. The molecule has 16 heavy (non-hydrogen) atoms. The first-order chi connectivity index (χ1) is 7.61. The monoisotopic (exact) mass is 223 g/mol. The Bertz CT molecular complexity index is 333. The number of benzene rings is 1. The van der Waals surface area contributed by atoms with Crippen LogP contribution in [0.25, 0.3) is 0 Å². The second-order valence-corrected chi connectivity index (χ2v) is 3.66. The van der Waals surface area contributed by atoms with E-state index in [1.54, 1.807) is 38.3 Å². The Balaban J connectivity index is 2.43. The van der Waals surface area contributed by atoms with E-state index in [0.717, 1.165) is 11.4 Å². The molecule has 4 heteroatoms. The number of aliphatic hydroxyl groups is 1. The van der Waals surface area contributed by atoms with Crippen molar-refractivity contribution < 1.29 is 14.6 Å². The van der Waals surface area contributed by atoms with Crippen LogP contribution in [0.2, 0.25) is 0 Å². The van der Waals surface area contributed by atoms with E-state index in [-0.39, 0.29) is 5.91 Å². The number of nitrogens with one attached hydrogen (secondary N) is 1. The number of carbonyl (C=O) groups is 1. The van der Waals surface area contributed by atoms with E-state index < -0.39 is 6.10 Å². The fourth-order valence-electron chi connectivity index (χ4n) is 1.24. The zero-order valence-electron chi connectivity index (χ0n) is 9.56. The van der Waals surface area contributed by atoms with Crippen molar-refractivity contribution in [2.45, 2.75) is 25.9 Å². The first kappa shape index (κ1) is 12.5. The van der Waals surface area contributed by atoms with Crippen LogP contribution in [0.4, 0.5) is 5.69 Å². The number of hydrogen-bond acceptors (Lipinski definition) is 3. The summed E-state index contributed by atoms with van der Waals surface area (Å²) in [6.07, 6.45) is 0.354. The summed E-state index contributed by atoms with van der Waals surface area (Å²) < 4.78 is 5.01. The molecule has 88 valence electrons. The highest BCUT2D eigenvalue weighted by Crippen LogP contribution is 2.15. The van der Waals surface area contributed by atoms with Gasteiger partial charge in [0.1, 0.15) is 5.75 Å². The molecule has 1 amide bonds. The molecule has 4 nitrogen and oxygen atoms in total. The van der Waals surface area contributed by atoms with Gasteiger partial charge in [0, 0.05) is 12.1 Å². The summed E-state index contributed by atoms with van der Waals surface area (Å²) >= 11 is 0. The van der Waals surface area contributed by atoms with Crippen molar-refractivity contribution in [1.82, 2.24) is 0 Å². The van der Waals surface area contributed by atoms with Gasteiger partial charge in [-0.2, -0.15) is 0 Å². The minimum absolute atomic E-state index is 0.0916. The van der Waals surface area contributed by atoms with Crippen LogP contribution in [-0.2, 0) is 4.79 Å². The van der Waals surface area contributed by atoms with Gasteiger partial charge in [0.15, 0.2) is 0 Å². The van der Waals surface area contributed by atoms with Crippen LogP contribution in [0.3, 0.4) is 0 Å². The molecule has 0 saturated heterocycles. The van der Waals surface area contributed by atoms with E-state index >= 15 is 0 Å². The third-order valence-corrected chi connectivity index (χ3v) is 2.16. The molecule has 0 aromatic heterocycles. The predicted octanol–water partition coefficient (Wildman–Crippen LogP) is 1.79. The first-order valence-corrected chi connectivity index (χ1v) is 5.24. The Morgan fingerprint density at radius 3 is 2.56 bits per heavy atom. The molecule has 0 aliphatic heterocycles. The Morgan fingerprint density at radius 2 is 2.06 bits per heavy atom. The van der Waals surface area contributed by atoms with Crippen LogP contribution < -0.4 is 10.1 Å². The van der Waals surface area contributed by atoms with Gasteiger partial charge in [0.2, 0.25) is 5.91 Å². The van der Waals surface area contributed by atoms with Crippen LogP contribution in [0.1, 0.15) is 19.8 Å². The van der Waals surface area contributed by atoms with Gasteiger partial charge < -0.3 is 15.2 Å². The summed E-state index contributed by atoms with van der Waals surface area (Å²) in [5.41, 5.74) is 0.733. The third kappa shape index (κ3) is 4.31.